The number of rotatable bonds is 5. The van der Waals surface area contributed by atoms with Crippen molar-refractivity contribution in [1.29, 1.82) is 0 Å². The van der Waals surface area contributed by atoms with E-state index in [-0.39, 0.29) is 11.3 Å². The lowest BCUT2D eigenvalue weighted by molar-refractivity contribution is -0.136. The van der Waals surface area contributed by atoms with Gasteiger partial charge in [0.05, 0.1) is 5.41 Å². The fraction of sp³-hybridized carbons (Fsp3) is 0.611. The van der Waals surface area contributed by atoms with Crippen molar-refractivity contribution in [3.63, 3.8) is 0 Å². The first kappa shape index (κ1) is 17.0. The fourth-order valence-electron chi connectivity index (χ4n) is 3.20. The summed E-state index contributed by atoms with van der Waals surface area (Å²) in [5.41, 5.74) is 7.85. The Labute approximate surface area is 133 Å². The van der Waals surface area contributed by atoms with Crippen LogP contribution in [0.1, 0.15) is 37.8 Å². The van der Waals surface area contributed by atoms with E-state index < -0.39 is 5.41 Å². The van der Waals surface area contributed by atoms with Gasteiger partial charge in [-0.2, -0.15) is 0 Å². The maximum Gasteiger partial charge on any atom is 0.227 e. The summed E-state index contributed by atoms with van der Waals surface area (Å²) in [4.78, 5) is 12.7. The summed E-state index contributed by atoms with van der Waals surface area (Å²) in [6.07, 6.45) is 1.42. The number of nitrogens with two attached hydrogens (primary N) is 1. The van der Waals surface area contributed by atoms with E-state index in [1.807, 2.05) is 12.1 Å². The van der Waals surface area contributed by atoms with Gasteiger partial charge in [0.25, 0.3) is 0 Å². The Hall–Kier alpha value is -1.39. The van der Waals surface area contributed by atoms with Crippen molar-refractivity contribution >= 4 is 5.91 Å². The summed E-state index contributed by atoms with van der Waals surface area (Å²) in [7, 11) is 0. The molecule has 4 nitrogen and oxygen atoms in total. The van der Waals surface area contributed by atoms with Crippen molar-refractivity contribution < 1.29 is 9.53 Å². The fourth-order valence-corrected chi connectivity index (χ4v) is 3.20. The molecule has 1 fully saturated rings. The van der Waals surface area contributed by atoms with E-state index in [0.29, 0.717) is 39.1 Å². The molecule has 0 aliphatic carbocycles. The molecule has 1 aliphatic heterocycles. The van der Waals surface area contributed by atoms with Crippen LogP contribution in [0.5, 0.6) is 0 Å². The van der Waals surface area contributed by atoms with Gasteiger partial charge in [0.2, 0.25) is 5.91 Å². The normalized spacial score (nSPS) is 18.0. The van der Waals surface area contributed by atoms with E-state index in [1.54, 1.807) is 0 Å². The van der Waals surface area contributed by atoms with Crippen LogP contribution in [0.25, 0.3) is 0 Å². The number of amides is 1. The number of aryl methyl sites for hydroxylation is 1. The second-order valence-electron chi connectivity index (χ2n) is 6.98. The van der Waals surface area contributed by atoms with Crippen LogP contribution in [0.4, 0.5) is 0 Å². The molecular formula is C18H28N2O2. The number of nitrogens with one attached hydrogen (secondary N) is 1. The van der Waals surface area contributed by atoms with Crippen LogP contribution in [0, 0.1) is 12.3 Å². The molecule has 0 unspecified atom stereocenters. The predicted molar refractivity (Wildman–Crippen MR) is 88.8 cm³/mol. The number of carbonyl (C=O) groups is 1. The van der Waals surface area contributed by atoms with Crippen molar-refractivity contribution in [3.05, 3.63) is 35.4 Å². The molecule has 1 saturated heterocycles. The lowest BCUT2D eigenvalue weighted by Crippen LogP contribution is -2.51. The molecule has 4 heteroatoms. The Morgan fingerprint density at radius 1 is 1.32 bits per heavy atom. The van der Waals surface area contributed by atoms with E-state index >= 15 is 0 Å². The zero-order chi connectivity index (χ0) is 16.2. The van der Waals surface area contributed by atoms with E-state index in [2.05, 4.69) is 38.2 Å². The molecule has 2 rings (SSSR count). The molecule has 0 atom stereocenters. The summed E-state index contributed by atoms with van der Waals surface area (Å²) < 4.78 is 5.37. The third-order valence-electron chi connectivity index (χ3n) is 4.89. The summed E-state index contributed by atoms with van der Waals surface area (Å²) in [5, 5.41) is 3.14. The average molecular weight is 304 g/mol. The predicted octanol–water partition coefficient (Wildman–Crippen LogP) is 2.14. The third kappa shape index (κ3) is 3.50. The third-order valence-corrected chi connectivity index (χ3v) is 4.89. The van der Waals surface area contributed by atoms with Crippen molar-refractivity contribution in [2.45, 2.75) is 39.0 Å². The number of ether oxygens (including phenoxy) is 1. The first-order valence-electron chi connectivity index (χ1n) is 8.03. The zero-order valence-corrected chi connectivity index (χ0v) is 13.9. The van der Waals surface area contributed by atoms with Crippen LogP contribution in [0.15, 0.2) is 24.3 Å². The average Bonchev–Trinajstić information content (AvgIpc) is 2.53. The molecule has 1 heterocycles. The van der Waals surface area contributed by atoms with Gasteiger partial charge < -0.3 is 15.8 Å². The highest BCUT2D eigenvalue weighted by Gasteiger charge is 2.39. The van der Waals surface area contributed by atoms with Crippen LogP contribution >= 0.6 is 0 Å². The molecule has 0 spiro atoms. The summed E-state index contributed by atoms with van der Waals surface area (Å²) in [6, 6.07) is 8.33. The molecule has 0 radical (unpaired) electrons. The molecular weight excluding hydrogens is 276 g/mol. The van der Waals surface area contributed by atoms with Crippen molar-refractivity contribution in [1.82, 2.24) is 5.32 Å². The minimum absolute atomic E-state index is 0.0694. The van der Waals surface area contributed by atoms with Crippen LogP contribution in [0.2, 0.25) is 0 Å². The Balaban J connectivity index is 2.05. The number of hydrogen-bond donors (Lipinski definition) is 2. The Kier molecular flexibility index (Phi) is 5.24. The number of hydrogen-bond acceptors (Lipinski definition) is 3. The van der Waals surface area contributed by atoms with Gasteiger partial charge in [-0.05, 0) is 30.9 Å². The topological polar surface area (TPSA) is 64.4 Å². The SMILES string of the molecule is Cc1ccccc1C(C)(C)CNC(=O)C1(CN)CCOCC1. The van der Waals surface area contributed by atoms with E-state index in [0.717, 1.165) is 0 Å². The molecule has 122 valence electrons. The van der Waals surface area contributed by atoms with Crippen molar-refractivity contribution in [2.75, 3.05) is 26.3 Å². The Bertz CT molecular complexity index is 520. The maximum atomic E-state index is 12.7. The van der Waals surface area contributed by atoms with Gasteiger partial charge in [0, 0.05) is 31.7 Å². The second-order valence-corrected chi connectivity index (χ2v) is 6.98. The first-order chi connectivity index (χ1) is 10.4. The van der Waals surface area contributed by atoms with E-state index in [9.17, 15) is 4.79 Å². The van der Waals surface area contributed by atoms with Crippen molar-refractivity contribution in [3.8, 4) is 0 Å². The lowest BCUT2D eigenvalue weighted by Gasteiger charge is -2.36. The minimum Gasteiger partial charge on any atom is -0.381 e. The highest BCUT2D eigenvalue weighted by atomic mass is 16.5. The van der Waals surface area contributed by atoms with Crippen LogP contribution in [-0.2, 0) is 14.9 Å². The molecule has 1 aliphatic rings. The van der Waals surface area contributed by atoms with Gasteiger partial charge in [-0.15, -0.1) is 0 Å². The molecule has 0 aromatic heterocycles. The van der Waals surface area contributed by atoms with E-state index in [1.165, 1.54) is 11.1 Å². The molecule has 1 aromatic rings. The first-order valence-corrected chi connectivity index (χ1v) is 8.03. The second kappa shape index (κ2) is 6.80. The Morgan fingerprint density at radius 3 is 2.55 bits per heavy atom. The van der Waals surface area contributed by atoms with Gasteiger partial charge in [0.1, 0.15) is 0 Å². The molecule has 1 amide bonds. The molecule has 3 N–H and O–H groups in total. The molecule has 0 bridgehead atoms. The van der Waals surface area contributed by atoms with Crippen molar-refractivity contribution in [2.24, 2.45) is 11.1 Å². The smallest absolute Gasteiger partial charge is 0.227 e. The van der Waals surface area contributed by atoms with Crippen LogP contribution in [0.3, 0.4) is 0 Å². The summed E-state index contributed by atoms with van der Waals surface area (Å²) in [6.45, 7) is 8.66. The highest BCUT2D eigenvalue weighted by Crippen LogP contribution is 2.30. The minimum atomic E-state index is -0.458. The maximum absolute atomic E-state index is 12.7. The highest BCUT2D eigenvalue weighted by molar-refractivity contribution is 5.83. The summed E-state index contributed by atoms with van der Waals surface area (Å²) in [5.74, 6) is 0.0694. The standard InChI is InChI=1S/C18H28N2O2/c1-14-6-4-5-7-15(14)17(2,3)13-20-16(21)18(12-19)8-10-22-11-9-18/h4-7H,8-13,19H2,1-3H3,(H,20,21). The van der Waals surface area contributed by atoms with Gasteiger partial charge in [0.15, 0.2) is 0 Å². The van der Waals surface area contributed by atoms with E-state index in [4.69, 9.17) is 10.5 Å². The monoisotopic (exact) mass is 304 g/mol. The summed E-state index contributed by atoms with van der Waals surface area (Å²) >= 11 is 0. The molecule has 1 aromatic carbocycles. The van der Waals surface area contributed by atoms with Gasteiger partial charge in [-0.3, -0.25) is 4.79 Å². The zero-order valence-electron chi connectivity index (χ0n) is 13.9. The quantitative estimate of drug-likeness (QED) is 0.876. The molecule has 22 heavy (non-hydrogen) atoms. The largest absolute Gasteiger partial charge is 0.381 e. The number of carbonyl (C=O) groups excluding carboxylic acids is 1. The van der Waals surface area contributed by atoms with Crippen LogP contribution in [-0.4, -0.2) is 32.2 Å². The van der Waals surface area contributed by atoms with Crippen LogP contribution < -0.4 is 11.1 Å². The van der Waals surface area contributed by atoms with Gasteiger partial charge >= 0.3 is 0 Å². The number of benzene rings is 1. The van der Waals surface area contributed by atoms with Gasteiger partial charge in [-0.25, -0.2) is 0 Å². The molecule has 0 saturated carbocycles. The Morgan fingerprint density at radius 2 is 1.95 bits per heavy atom. The van der Waals surface area contributed by atoms with Gasteiger partial charge in [-0.1, -0.05) is 38.1 Å². The lowest BCUT2D eigenvalue weighted by atomic mass is 9.78.